The van der Waals surface area contributed by atoms with Crippen LogP contribution in [0.4, 0.5) is 4.79 Å². The lowest BCUT2D eigenvalue weighted by Gasteiger charge is -2.13. The maximum absolute atomic E-state index is 10.4. The summed E-state index contributed by atoms with van der Waals surface area (Å²) in [5.41, 5.74) is 6.15. The van der Waals surface area contributed by atoms with E-state index >= 15 is 0 Å². The summed E-state index contributed by atoms with van der Waals surface area (Å²) in [5.74, 6) is 0.874. The molecule has 0 aliphatic heterocycles. The minimum atomic E-state index is -0.729. The molecular weight excluding hydrogens is 244 g/mol. The summed E-state index contributed by atoms with van der Waals surface area (Å²) in [7, 11) is 1.66. The molecule has 0 radical (unpaired) electrons. The molecule has 1 unspecified atom stereocenters. The molecule has 1 aromatic rings. The third-order valence-corrected chi connectivity index (χ3v) is 2.86. The van der Waals surface area contributed by atoms with E-state index in [1.165, 1.54) is 5.56 Å². The van der Waals surface area contributed by atoms with Gasteiger partial charge in [0.25, 0.3) is 0 Å². The standard InChI is InChI=1S/C14H22N2O3/c1-11(16-9-10-19-14(15)17)3-4-12-5-7-13(18-2)8-6-12/h5-8,11,16H,3-4,9-10H2,1-2H3,(H2,15,17). The van der Waals surface area contributed by atoms with Crippen LogP contribution in [0.5, 0.6) is 5.75 Å². The molecule has 5 nitrogen and oxygen atoms in total. The smallest absolute Gasteiger partial charge is 0.404 e. The number of methoxy groups -OCH3 is 1. The van der Waals surface area contributed by atoms with Crippen molar-refractivity contribution in [2.75, 3.05) is 20.3 Å². The first-order valence-corrected chi connectivity index (χ1v) is 6.40. The van der Waals surface area contributed by atoms with Gasteiger partial charge < -0.3 is 20.5 Å². The predicted octanol–water partition coefficient (Wildman–Crippen LogP) is 1.70. The second-order valence-electron chi connectivity index (χ2n) is 4.41. The van der Waals surface area contributed by atoms with E-state index in [0.29, 0.717) is 19.2 Å². The van der Waals surface area contributed by atoms with Crippen molar-refractivity contribution in [3.8, 4) is 5.75 Å². The summed E-state index contributed by atoms with van der Waals surface area (Å²) < 4.78 is 9.76. The average Bonchev–Trinajstić information content (AvgIpc) is 2.41. The van der Waals surface area contributed by atoms with Crippen molar-refractivity contribution in [2.45, 2.75) is 25.8 Å². The molecule has 19 heavy (non-hydrogen) atoms. The van der Waals surface area contributed by atoms with Gasteiger partial charge in [-0.1, -0.05) is 12.1 Å². The van der Waals surface area contributed by atoms with Crippen LogP contribution in [-0.2, 0) is 11.2 Å². The van der Waals surface area contributed by atoms with Gasteiger partial charge in [-0.25, -0.2) is 4.79 Å². The van der Waals surface area contributed by atoms with E-state index in [-0.39, 0.29) is 0 Å². The Kier molecular flexibility index (Phi) is 6.74. The number of carbonyl (C=O) groups excluding carboxylic acids is 1. The predicted molar refractivity (Wildman–Crippen MR) is 74.3 cm³/mol. The number of nitrogens with two attached hydrogens (primary N) is 1. The molecule has 0 bridgehead atoms. The van der Waals surface area contributed by atoms with Crippen molar-refractivity contribution in [3.05, 3.63) is 29.8 Å². The number of primary amides is 1. The lowest BCUT2D eigenvalue weighted by atomic mass is 10.1. The van der Waals surface area contributed by atoms with Crippen molar-refractivity contribution < 1.29 is 14.3 Å². The van der Waals surface area contributed by atoms with Crippen LogP contribution in [0.15, 0.2) is 24.3 Å². The summed E-state index contributed by atoms with van der Waals surface area (Å²) in [6, 6.07) is 8.43. The first-order valence-electron chi connectivity index (χ1n) is 6.40. The molecular formula is C14H22N2O3. The number of nitrogens with one attached hydrogen (secondary N) is 1. The Labute approximate surface area is 114 Å². The van der Waals surface area contributed by atoms with Gasteiger partial charge in [0, 0.05) is 12.6 Å². The molecule has 0 saturated carbocycles. The molecule has 1 atom stereocenters. The highest BCUT2D eigenvalue weighted by Gasteiger charge is 2.03. The number of rotatable bonds is 8. The fourth-order valence-corrected chi connectivity index (χ4v) is 1.73. The van der Waals surface area contributed by atoms with Crippen molar-refractivity contribution in [3.63, 3.8) is 0 Å². The molecule has 0 aromatic heterocycles. The van der Waals surface area contributed by atoms with Crippen molar-refractivity contribution in [2.24, 2.45) is 5.73 Å². The van der Waals surface area contributed by atoms with Crippen LogP contribution < -0.4 is 15.8 Å². The first-order chi connectivity index (χ1) is 9.11. The number of benzene rings is 1. The maximum Gasteiger partial charge on any atom is 0.404 e. The maximum atomic E-state index is 10.4. The van der Waals surface area contributed by atoms with Crippen molar-refractivity contribution in [1.29, 1.82) is 0 Å². The molecule has 0 saturated heterocycles. The zero-order chi connectivity index (χ0) is 14.1. The van der Waals surface area contributed by atoms with Crippen molar-refractivity contribution >= 4 is 6.09 Å². The fourth-order valence-electron chi connectivity index (χ4n) is 1.73. The first kappa shape index (κ1) is 15.3. The second-order valence-corrected chi connectivity index (χ2v) is 4.41. The molecule has 1 aromatic carbocycles. The van der Waals surface area contributed by atoms with Gasteiger partial charge in [-0.2, -0.15) is 0 Å². The number of ether oxygens (including phenoxy) is 2. The summed E-state index contributed by atoms with van der Waals surface area (Å²) in [4.78, 5) is 10.4. The minimum Gasteiger partial charge on any atom is -0.497 e. The highest BCUT2D eigenvalue weighted by molar-refractivity contribution is 5.64. The van der Waals surface area contributed by atoms with Crippen molar-refractivity contribution in [1.82, 2.24) is 5.32 Å². The van der Waals surface area contributed by atoms with E-state index in [1.54, 1.807) is 7.11 Å². The van der Waals surface area contributed by atoms with E-state index in [2.05, 4.69) is 29.1 Å². The second kappa shape index (κ2) is 8.37. The lowest BCUT2D eigenvalue weighted by molar-refractivity contribution is 0.156. The molecule has 0 aliphatic carbocycles. The SMILES string of the molecule is COc1ccc(CCC(C)NCCOC(N)=O)cc1. The molecule has 5 heteroatoms. The third-order valence-electron chi connectivity index (χ3n) is 2.86. The van der Waals surface area contributed by atoms with Gasteiger partial charge in [0.2, 0.25) is 0 Å². The van der Waals surface area contributed by atoms with Gasteiger partial charge in [0.1, 0.15) is 12.4 Å². The van der Waals surface area contributed by atoms with Crippen LogP contribution in [0.25, 0.3) is 0 Å². The van der Waals surface area contributed by atoms with Crippen LogP contribution in [0, 0.1) is 0 Å². The normalized spacial score (nSPS) is 11.9. The third kappa shape index (κ3) is 6.67. The van der Waals surface area contributed by atoms with Crippen LogP contribution in [0.3, 0.4) is 0 Å². The average molecular weight is 266 g/mol. The lowest BCUT2D eigenvalue weighted by Crippen LogP contribution is -2.31. The topological polar surface area (TPSA) is 73.6 Å². The van der Waals surface area contributed by atoms with Crippen LogP contribution >= 0.6 is 0 Å². The van der Waals surface area contributed by atoms with Gasteiger partial charge in [-0.3, -0.25) is 0 Å². The monoisotopic (exact) mass is 266 g/mol. The minimum absolute atomic E-state index is 0.308. The van der Waals surface area contributed by atoms with E-state index in [9.17, 15) is 4.79 Å². The largest absolute Gasteiger partial charge is 0.497 e. The van der Waals surface area contributed by atoms with Crippen LogP contribution in [0.1, 0.15) is 18.9 Å². The zero-order valence-corrected chi connectivity index (χ0v) is 11.5. The van der Waals surface area contributed by atoms with E-state index < -0.39 is 6.09 Å². The number of amides is 1. The van der Waals surface area contributed by atoms with E-state index in [0.717, 1.165) is 18.6 Å². The van der Waals surface area contributed by atoms with Gasteiger partial charge in [-0.05, 0) is 37.5 Å². The molecule has 0 fully saturated rings. The molecule has 1 rings (SSSR count). The van der Waals surface area contributed by atoms with Gasteiger partial charge in [0.05, 0.1) is 7.11 Å². The quantitative estimate of drug-likeness (QED) is 0.702. The molecule has 0 spiro atoms. The Morgan fingerprint density at radius 1 is 1.37 bits per heavy atom. The van der Waals surface area contributed by atoms with Gasteiger partial charge in [-0.15, -0.1) is 0 Å². The number of hydrogen-bond donors (Lipinski definition) is 2. The Morgan fingerprint density at radius 3 is 2.63 bits per heavy atom. The summed E-state index contributed by atoms with van der Waals surface area (Å²) in [5, 5.41) is 3.27. The Hall–Kier alpha value is -1.75. The summed E-state index contributed by atoms with van der Waals surface area (Å²) in [6.45, 7) is 3.03. The highest BCUT2D eigenvalue weighted by Crippen LogP contribution is 2.13. The number of aryl methyl sites for hydroxylation is 1. The highest BCUT2D eigenvalue weighted by atomic mass is 16.5. The van der Waals surface area contributed by atoms with Gasteiger partial charge in [0.15, 0.2) is 0 Å². The molecule has 0 aliphatic rings. The summed E-state index contributed by atoms with van der Waals surface area (Å²) in [6.07, 6.45) is 1.28. The Morgan fingerprint density at radius 2 is 2.05 bits per heavy atom. The Balaban J connectivity index is 2.18. The van der Waals surface area contributed by atoms with Crippen LogP contribution in [0.2, 0.25) is 0 Å². The zero-order valence-electron chi connectivity index (χ0n) is 11.5. The van der Waals surface area contributed by atoms with Crippen LogP contribution in [-0.4, -0.2) is 32.4 Å². The summed E-state index contributed by atoms with van der Waals surface area (Å²) >= 11 is 0. The Bertz CT molecular complexity index is 379. The van der Waals surface area contributed by atoms with E-state index in [1.807, 2.05) is 12.1 Å². The molecule has 1 amide bonds. The number of carbonyl (C=O) groups is 1. The van der Waals surface area contributed by atoms with Gasteiger partial charge >= 0.3 is 6.09 Å². The fraction of sp³-hybridized carbons (Fsp3) is 0.500. The molecule has 3 N–H and O–H groups in total. The molecule has 106 valence electrons. The van der Waals surface area contributed by atoms with E-state index in [4.69, 9.17) is 10.5 Å². The number of hydrogen-bond acceptors (Lipinski definition) is 4. The molecule has 0 heterocycles.